The van der Waals surface area contributed by atoms with Crippen molar-refractivity contribution in [2.24, 2.45) is 0 Å². The van der Waals surface area contributed by atoms with Crippen molar-refractivity contribution in [3.63, 3.8) is 0 Å². The third-order valence-electron chi connectivity index (χ3n) is 0. The molecule has 0 aliphatic heterocycles. The summed E-state index contributed by atoms with van der Waals surface area (Å²) in [5, 5.41) is 6.76. The van der Waals surface area contributed by atoms with Crippen molar-refractivity contribution in [3.05, 3.63) is 5.41 Å². The Balaban J connectivity index is -0.00000000667. The number of hydrogen-bond donors (Lipinski definition) is 0. The Kier molecular flexibility index (Phi) is 180. The molecule has 0 saturated carbocycles. The third-order valence-corrected chi connectivity index (χ3v) is 0. The molecule has 0 aromatic rings. The maximum atomic E-state index is 8.24. The summed E-state index contributed by atoms with van der Waals surface area (Å²) in [6.45, 7) is 0. The molecule has 0 amide bonds. The van der Waals surface area contributed by atoms with E-state index in [0.29, 0.717) is 6.08 Å². The molecule has 0 rings (SSSR count). The zero-order valence-corrected chi connectivity index (χ0v) is 6.62. The van der Waals surface area contributed by atoms with E-state index < -0.39 is 0 Å². The van der Waals surface area contributed by atoms with E-state index in [4.69, 9.17) is 10.2 Å². The van der Waals surface area contributed by atoms with Crippen LogP contribution in [0.3, 0.4) is 0 Å². The molecule has 0 aromatic carbocycles. The minimum Gasteiger partial charge on any atom is -1.00 e. The van der Waals surface area contributed by atoms with Crippen molar-refractivity contribution >= 4 is 6.08 Å². The Morgan fingerprint density at radius 2 is 1.33 bits per heavy atom. The molecule has 0 fully saturated rings. The Hall–Kier alpha value is 0.960. The topological polar surface area (TPSA) is 39.4 Å². The first-order chi connectivity index (χ1) is 1.41. The molecule has 0 spiro atoms. The van der Waals surface area contributed by atoms with E-state index in [-0.39, 0.29) is 54.4 Å². The fourth-order valence-corrected chi connectivity index (χ4v) is 0. The van der Waals surface area contributed by atoms with Gasteiger partial charge in [-0.25, -0.2) is 0 Å². The summed E-state index contributed by atoms with van der Waals surface area (Å²) < 4.78 is 0. The summed E-state index contributed by atoms with van der Waals surface area (Å²) in [4.78, 5) is 8.24. The summed E-state index contributed by atoms with van der Waals surface area (Å²) >= 11 is 0. The van der Waals surface area contributed by atoms with Crippen LogP contribution in [0.4, 0.5) is 0 Å². The predicted octanol–water partition coefficient (Wildman–Crippen LogP) is -9.10. The largest absolute Gasteiger partial charge is 1.00 e. The molecule has 0 atom stereocenters. The van der Waals surface area contributed by atoms with Crippen molar-refractivity contribution in [2.45, 2.75) is 0 Å². The van der Waals surface area contributed by atoms with Gasteiger partial charge in [-0.15, -0.1) is 0 Å². The van der Waals surface area contributed by atoms with Crippen LogP contribution in [-0.4, -0.2) is 6.08 Å². The summed E-state index contributed by atoms with van der Waals surface area (Å²) in [7, 11) is 0. The second-order valence-electron chi connectivity index (χ2n) is 0.0913. The van der Waals surface area contributed by atoms with Crippen LogP contribution < -0.4 is 54.4 Å². The van der Waals surface area contributed by atoms with E-state index in [9.17, 15) is 0 Å². The Morgan fingerprint density at radius 3 is 1.33 bits per heavy atom. The quantitative estimate of drug-likeness (QED) is 0.185. The summed E-state index contributed by atoms with van der Waals surface area (Å²) in [5.74, 6) is 0. The van der Waals surface area contributed by atoms with Crippen LogP contribution >= 0.6 is 0 Å². The van der Waals surface area contributed by atoms with E-state index in [1.54, 1.807) is 0 Å². The molecular weight excluding hydrogens is 136 g/mol. The normalized spacial score (nSPS) is 1.33. The first kappa shape index (κ1) is 28.2. The van der Waals surface area contributed by atoms with Gasteiger partial charge >= 0.3 is 29.6 Å². The molecule has 0 aliphatic carbocycles. The van der Waals surface area contributed by atoms with Gasteiger partial charge in [0.15, 0.2) is 0 Å². The molecule has 0 N–H and O–H groups in total. The zero-order valence-electron chi connectivity index (χ0n) is 3.11. The van der Waals surface area contributed by atoms with Crippen molar-refractivity contribution in [3.8, 4) is 0 Å². The minimum absolute atomic E-state index is 0. The van der Waals surface area contributed by atoms with Crippen molar-refractivity contribution < 1.29 is 59.2 Å². The Labute approximate surface area is 70.3 Å². The Bertz CT molecular complexity index is 34.5. The van der Waals surface area contributed by atoms with Gasteiger partial charge in [0.2, 0.25) is 0 Å². The predicted molar refractivity (Wildman–Crippen MR) is 9.05 cm³/mol. The fourth-order valence-electron chi connectivity index (χ4n) is 0. The SMILES string of the molecule is [Cl-].[Cl-].[N-]=C=O.[Na+]. The number of isocyanates is 1. The van der Waals surface area contributed by atoms with Gasteiger partial charge in [-0.1, -0.05) is 0 Å². The summed E-state index contributed by atoms with van der Waals surface area (Å²) in [6, 6.07) is 0. The van der Waals surface area contributed by atoms with Gasteiger partial charge < -0.3 is 30.2 Å². The van der Waals surface area contributed by atoms with Crippen molar-refractivity contribution in [2.75, 3.05) is 0 Å². The second kappa shape index (κ2) is 38.2. The maximum Gasteiger partial charge on any atom is 1.00 e. The van der Waals surface area contributed by atoms with Gasteiger partial charge in [0.05, 0.1) is 0 Å². The van der Waals surface area contributed by atoms with Gasteiger partial charge in [-0.2, -0.15) is 0 Å². The summed E-state index contributed by atoms with van der Waals surface area (Å²) in [6.07, 6.45) is 0.500. The monoisotopic (exact) mass is 135 g/mol. The molecule has 0 bridgehead atoms. The van der Waals surface area contributed by atoms with Crippen LogP contribution in [0.2, 0.25) is 0 Å². The van der Waals surface area contributed by atoms with Gasteiger partial charge in [0, 0.05) is 0 Å². The molecule has 0 heterocycles. The second-order valence-corrected chi connectivity index (χ2v) is 0.0913. The average molecular weight is 136 g/mol. The number of carbonyl (C=O) groups excluding carboxylic acids is 1. The van der Waals surface area contributed by atoms with E-state index >= 15 is 0 Å². The Morgan fingerprint density at radius 1 is 1.33 bits per heavy atom. The van der Waals surface area contributed by atoms with E-state index in [1.807, 2.05) is 0 Å². The molecule has 5 heteroatoms. The van der Waals surface area contributed by atoms with Crippen LogP contribution in [0.1, 0.15) is 0 Å². The first-order valence-corrected chi connectivity index (χ1v) is 0.428. The van der Waals surface area contributed by atoms with E-state index in [1.165, 1.54) is 0 Å². The van der Waals surface area contributed by atoms with Crippen molar-refractivity contribution in [1.29, 1.82) is 0 Å². The van der Waals surface area contributed by atoms with Gasteiger partial charge in [-0.05, 0) is 6.08 Å². The van der Waals surface area contributed by atoms with Crippen LogP contribution in [0.25, 0.3) is 5.41 Å². The molecule has 0 unspecified atom stereocenters. The number of hydrogen-bond acceptors (Lipinski definition) is 1. The van der Waals surface area contributed by atoms with E-state index in [2.05, 4.69) is 0 Å². The van der Waals surface area contributed by atoms with Gasteiger partial charge in [0.1, 0.15) is 0 Å². The molecule has 0 radical (unpaired) electrons. The molecular formula is CCl2NNaO-2. The number of rotatable bonds is 0. The third kappa shape index (κ3) is 84.4. The van der Waals surface area contributed by atoms with Crippen LogP contribution in [0.15, 0.2) is 0 Å². The summed E-state index contributed by atoms with van der Waals surface area (Å²) in [5.41, 5.74) is 0. The minimum atomic E-state index is 0. The van der Waals surface area contributed by atoms with Gasteiger partial charge in [0.25, 0.3) is 0 Å². The number of nitrogens with zero attached hydrogens (tertiary/aromatic N) is 1. The number of halogens is 2. The van der Waals surface area contributed by atoms with Crippen LogP contribution in [-0.2, 0) is 4.79 Å². The molecule has 32 valence electrons. The maximum absolute atomic E-state index is 8.24. The standard InChI is InChI=1S/CNO.2ClH.Na/c2-1-3;;;/h;2*1H;/q-1;;;+1/p-2. The fraction of sp³-hybridized carbons (Fsp3) is 0. The van der Waals surface area contributed by atoms with Gasteiger partial charge in [-0.3, -0.25) is 4.79 Å². The molecule has 2 nitrogen and oxygen atoms in total. The van der Waals surface area contributed by atoms with Crippen LogP contribution in [0, 0.1) is 0 Å². The molecule has 0 saturated heterocycles. The zero-order chi connectivity index (χ0) is 2.71. The van der Waals surface area contributed by atoms with E-state index in [0.717, 1.165) is 0 Å². The first-order valence-electron chi connectivity index (χ1n) is 0.428. The average Bonchev–Trinajstić information content (AvgIpc) is 0.918. The molecule has 0 aliphatic rings. The smallest absolute Gasteiger partial charge is 1.00 e. The van der Waals surface area contributed by atoms with Crippen LogP contribution in [0.5, 0.6) is 0 Å². The molecule has 6 heavy (non-hydrogen) atoms. The van der Waals surface area contributed by atoms with Crippen molar-refractivity contribution in [1.82, 2.24) is 0 Å². The molecule has 0 aromatic heterocycles.